The number of carboxylic acid groups (broad SMARTS) is 1. The standard InChI is InChI=1S/C11H15N3O3/c1-7(2)5-8(11(16)17)14-10(15)9-6-12-3-4-13-9/h3-4,6-8H,5H2,1-2H3,(H,14,15)(H,16,17)/t8-/m1/s1. The van der Waals surface area contributed by atoms with E-state index in [0.717, 1.165) is 0 Å². The van der Waals surface area contributed by atoms with E-state index in [1.165, 1.54) is 18.6 Å². The highest BCUT2D eigenvalue weighted by Crippen LogP contribution is 2.05. The normalized spacial score (nSPS) is 12.2. The second kappa shape index (κ2) is 5.93. The number of aliphatic carboxylic acids is 1. The number of amides is 1. The number of rotatable bonds is 5. The van der Waals surface area contributed by atoms with Crippen LogP contribution in [0.3, 0.4) is 0 Å². The number of nitrogens with one attached hydrogen (secondary N) is 1. The molecule has 0 saturated carbocycles. The third kappa shape index (κ3) is 4.18. The first kappa shape index (κ1) is 13.1. The van der Waals surface area contributed by atoms with Gasteiger partial charge in [0.25, 0.3) is 5.91 Å². The first-order valence-electron chi connectivity index (χ1n) is 5.30. The Bertz CT molecular complexity index is 392. The van der Waals surface area contributed by atoms with Crippen molar-refractivity contribution in [3.8, 4) is 0 Å². The van der Waals surface area contributed by atoms with E-state index in [0.29, 0.717) is 6.42 Å². The molecule has 0 aliphatic rings. The van der Waals surface area contributed by atoms with Crippen molar-refractivity contribution in [2.45, 2.75) is 26.3 Å². The fraction of sp³-hybridized carbons (Fsp3) is 0.455. The summed E-state index contributed by atoms with van der Waals surface area (Å²) in [7, 11) is 0. The summed E-state index contributed by atoms with van der Waals surface area (Å²) >= 11 is 0. The lowest BCUT2D eigenvalue weighted by molar-refractivity contribution is -0.139. The molecule has 0 aromatic carbocycles. The molecule has 0 unspecified atom stereocenters. The van der Waals surface area contributed by atoms with Crippen LogP contribution in [0.25, 0.3) is 0 Å². The van der Waals surface area contributed by atoms with E-state index in [1.807, 2.05) is 13.8 Å². The fourth-order valence-electron chi connectivity index (χ4n) is 1.34. The van der Waals surface area contributed by atoms with Crippen LogP contribution in [-0.4, -0.2) is 33.0 Å². The molecule has 0 bridgehead atoms. The number of carbonyl (C=O) groups excluding carboxylic acids is 1. The quantitative estimate of drug-likeness (QED) is 0.786. The zero-order valence-corrected chi connectivity index (χ0v) is 9.75. The Kier molecular flexibility index (Phi) is 4.56. The van der Waals surface area contributed by atoms with Crippen molar-refractivity contribution in [1.82, 2.24) is 15.3 Å². The van der Waals surface area contributed by atoms with Crippen molar-refractivity contribution >= 4 is 11.9 Å². The summed E-state index contributed by atoms with van der Waals surface area (Å²) in [5.74, 6) is -1.39. The zero-order valence-electron chi connectivity index (χ0n) is 9.75. The molecule has 0 aliphatic carbocycles. The van der Waals surface area contributed by atoms with Crippen LogP contribution in [0.5, 0.6) is 0 Å². The van der Waals surface area contributed by atoms with Crippen molar-refractivity contribution in [1.29, 1.82) is 0 Å². The molecule has 17 heavy (non-hydrogen) atoms. The highest BCUT2D eigenvalue weighted by molar-refractivity contribution is 5.94. The number of hydrogen-bond acceptors (Lipinski definition) is 4. The number of hydrogen-bond donors (Lipinski definition) is 2. The van der Waals surface area contributed by atoms with E-state index in [4.69, 9.17) is 5.11 Å². The van der Waals surface area contributed by atoms with E-state index in [-0.39, 0.29) is 11.6 Å². The summed E-state index contributed by atoms with van der Waals surface area (Å²) in [4.78, 5) is 30.2. The molecular formula is C11H15N3O3. The first-order valence-corrected chi connectivity index (χ1v) is 5.30. The van der Waals surface area contributed by atoms with Crippen molar-refractivity contribution in [3.63, 3.8) is 0 Å². The van der Waals surface area contributed by atoms with Gasteiger partial charge >= 0.3 is 5.97 Å². The molecule has 1 atom stereocenters. The molecule has 0 fully saturated rings. The van der Waals surface area contributed by atoms with Gasteiger partial charge in [-0.05, 0) is 12.3 Å². The fourth-order valence-corrected chi connectivity index (χ4v) is 1.34. The molecule has 1 aromatic rings. The van der Waals surface area contributed by atoms with Crippen LogP contribution < -0.4 is 5.32 Å². The number of aromatic nitrogens is 2. The van der Waals surface area contributed by atoms with Gasteiger partial charge in [-0.2, -0.15) is 0 Å². The van der Waals surface area contributed by atoms with Crippen molar-refractivity contribution < 1.29 is 14.7 Å². The van der Waals surface area contributed by atoms with Crippen LogP contribution in [-0.2, 0) is 4.79 Å². The van der Waals surface area contributed by atoms with Gasteiger partial charge in [0.1, 0.15) is 11.7 Å². The highest BCUT2D eigenvalue weighted by atomic mass is 16.4. The van der Waals surface area contributed by atoms with E-state index in [9.17, 15) is 9.59 Å². The topological polar surface area (TPSA) is 92.2 Å². The second-order valence-electron chi connectivity index (χ2n) is 4.08. The lowest BCUT2D eigenvalue weighted by Crippen LogP contribution is -2.41. The minimum Gasteiger partial charge on any atom is -0.480 e. The molecule has 1 heterocycles. The minimum atomic E-state index is -1.05. The number of carboxylic acids is 1. The van der Waals surface area contributed by atoms with Crippen LogP contribution in [0, 0.1) is 5.92 Å². The molecule has 0 radical (unpaired) electrons. The van der Waals surface area contributed by atoms with Gasteiger partial charge < -0.3 is 10.4 Å². The van der Waals surface area contributed by atoms with Crippen LogP contribution in [0.2, 0.25) is 0 Å². The average molecular weight is 237 g/mol. The molecule has 1 amide bonds. The lowest BCUT2D eigenvalue weighted by Gasteiger charge is -2.15. The summed E-state index contributed by atoms with van der Waals surface area (Å²) in [6, 6.07) is -0.899. The Balaban J connectivity index is 2.68. The molecule has 0 saturated heterocycles. The molecule has 0 aliphatic heterocycles. The summed E-state index contributed by atoms with van der Waals surface area (Å²) in [5, 5.41) is 11.4. The van der Waals surface area contributed by atoms with Gasteiger partial charge in [0.2, 0.25) is 0 Å². The smallest absolute Gasteiger partial charge is 0.326 e. The maximum atomic E-state index is 11.7. The SMILES string of the molecule is CC(C)C[C@@H](NC(=O)c1cnccn1)C(=O)O. The Hall–Kier alpha value is -1.98. The first-order chi connectivity index (χ1) is 8.00. The molecule has 1 rings (SSSR count). The zero-order chi connectivity index (χ0) is 12.8. The van der Waals surface area contributed by atoms with Crippen LogP contribution >= 0.6 is 0 Å². The molecular weight excluding hydrogens is 222 g/mol. The molecule has 0 spiro atoms. The van der Waals surface area contributed by atoms with Crippen molar-refractivity contribution in [2.75, 3.05) is 0 Å². The van der Waals surface area contributed by atoms with E-state index < -0.39 is 17.9 Å². The van der Waals surface area contributed by atoms with Gasteiger partial charge in [0.05, 0.1) is 6.20 Å². The molecule has 6 nitrogen and oxygen atoms in total. The predicted octanol–water partition coefficient (Wildman–Crippen LogP) is 0.706. The Morgan fingerprint density at radius 3 is 2.59 bits per heavy atom. The van der Waals surface area contributed by atoms with Crippen LogP contribution in [0.1, 0.15) is 30.8 Å². The molecule has 1 aromatic heterocycles. The Morgan fingerprint density at radius 1 is 1.41 bits per heavy atom. The second-order valence-corrected chi connectivity index (χ2v) is 4.08. The number of nitrogens with zero attached hydrogens (tertiary/aromatic N) is 2. The average Bonchev–Trinajstić information content (AvgIpc) is 2.28. The summed E-state index contributed by atoms with van der Waals surface area (Å²) < 4.78 is 0. The summed E-state index contributed by atoms with van der Waals surface area (Å²) in [6.45, 7) is 3.79. The summed E-state index contributed by atoms with van der Waals surface area (Å²) in [5.41, 5.74) is 0.113. The minimum absolute atomic E-state index is 0.113. The summed E-state index contributed by atoms with van der Waals surface area (Å²) in [6.07, 6.45) is 4.50. The monoisotopic (exact) mass is 237 g/mol. The van der Waals surface area contributed by atoms with E-state index in [1.54, 1.807) is 0 Å². The van der Waals surface area contributed by atoms with Crippen molar-refractivity contribution in [2.24, 2.45) is 5.92 Å². The maximum Gasteiger partial charge on any atom is 0.326 e. The van der Waals surface area contributed by atoms with Crippen molar-refractivity contribution in [3.05, 3.63) is 24.3 Å². The van der Waals surface area contributed by atoms with Gasteiger partial charge in [-0.15, -0.1) is 0 Å². The molecule has 92 valence electrons. The van der Waals surface area contributed by atoms with Crippen LogP contribution in [0.15, 0.2) is 18.6 Å². The van der Waals surface area contributed by atoms with E-state index >= 15 is 0 Å². The Labute approximate surface area is 99.1 Å². The number of carbonyl (C=O) groups is 2. The molecule has 2 N–H and O–H groups in total. The third-order valence-corrected chi connectivity index (χ3v) is 2.11. The Morgan fingerprint density at radius 2 is 2.12 bits per heavy atom. The van der Waals surface area contributed by atoms with Gasteiger partial charge in [0, 0.05) is 12.4 Å². The van der Waals surface area contributed by atoms with Gasteiger partial charge in [-0.3, -0.25) is 9.78 Å². The van der Waals surface area contributed by atoms with E-state index in [2.05, 4.69) is 15.3 Å². The molecule has 6 heteroatoms. The van der Waals surface area contributed by atoms with Gasteiger partial charge in [-0.1, -0.05) is 13.8 Å². The van der Waals surface area contributed by atoms with Crippen LogP contribution in [0.4, 0.5) is 0 Å². The maximum absolute atomic E-state index is 11.7. The lowest BCUT2D eigenvalue weighted by atomic mass is 10.0. The highest BCUT2D eigenvalue weighted by Gasteiger charge is 2.22. The predicted molar refractivity (Wildman–Crippen MR) is 60.4 cm³/mol. The third-order valence-electron chi connectivity index (χ3n) is 2.11. The van der Waals surface area contributed by atoms with Gasteiger partial charge in [0.15, 0.2) is 0 Å². The van der Waals surface area contributed by atoms with Gasteiger partial charge in [-0.25, -0.2) is 9.78 Å². The largest absolute Gasteiger partial charge is 0.480 e.